The molecular formula is C22H37IN4O3. The Morgan fingerprint density at radius 3 is 2.73 bits per heavy atom. The normalized spacial score (nSPS) is 19.5. The summed E-state index contributed by atoms with van der Waals surface area (Å²) in [5.41, 5.74) is 1.11. The molecule has 0 aromatic heterocycles. The largest absolute Gasteiger partial charge is 0.454 e. The van der Waals surface area contributed by atoms with Gasteiger partial charge in [0, 0.05) is 45.2 Å². The van der Waals surface area contributed by atoms with E-state index in [9.17, 15) is 0 Å². The molecule has 1 aromatic carbocycles. The maximum Gasteiger partial charge on any atom is 0.231 e. The summed E-state index contributed by atoms with van der Waals surface area (Å²) in [6.45, 7) is 14.6. The Bertz CT molecular complexity index is 712. The van der Waals surface area contributed by atoms with Gasteiger partial charge in [0.2, 0.25) is 6.79 Å². The highest BCUT2D eigenvalue weighted by Crippen LogP contribution is 2.36. The zero-order valence-corrected chi connectivity index (χ0v) is 21.2. The summed E-state index contributed by atoms with van der Waals surface area (Å²) in [6.07, 6.45) is 0.183. The molecule has 1 aromatic rings. The minimum atomic E-state index is -0.0893. The monoisotopic (exact) mass is 532 g/mol. The van der Waals surface area contributed by atoms with Crippen LogP contribution in [0.1, 0.15) is 33.3 Å². The Morgan fingerprint density at radius 2 is 2.00 bits per heavy atom. The summed E-state index contributed by atoms with van der Waals surface area (Å²) < 4.78 is 16.9. The van der Waals surface area contributed by atoms with Crippen molar-refractivity contribution in [1.29, 1.82) is 0 Å². The number of hydrogen-bond acceptors (Lipinski definition) is 5. The smallest absolute Gasteiger partial charge is 0.231 e. The molecule has 3 rings (SSSR count). The highest BCUT2D eigenvalue weighted by atomic mass is 127. The molecular weight excluding hydrogens is 495 g/mol. The number of benzene rings is 1. The molecule has 30 heavy (non-hydrogen) atoms. The summed E-state index contributed by atoms with van der Waals surface area (Å²) >= 11 is 0. The number of ether oxygens (including phenoxy) is 3. The minimum Gasteiger partial charge on any atom is -0.454 e. The molecule has 2 aliphatic rings. The Kier molecular flexibility index (Phi) is 9.49. The van der Waals surface area contributed by atoms with Crippen LogP contribution in [0.4, 0.5) is 0 Å². The topological polar surface area (TPSA) is 67.4 Å². The predicted octanol–water partition coefficient (Wildman–Crippen LogP) is 2.83. The molecule has 2 aliphatic heterocycles. The van der Waals surface area contributed by atoms with Gasteiger partial charge in [-0.1, -0.05) is 33.8 Å². The lowest BCUT2D eigenvalue weighted by molar-refractivity contribution is -0.0284. The van der Waals surface area contributed by atoms with Crippen molar-refractivity contribution in [3.8, 4) is 11.5 Å². The van der Waals surface area contributed by atoms with Crippen LogP contribution < -0.4 is 20.1 Å². The van der Waals surface area contributed by atoms with E-state index in [1.165, 1.54) is 5.56 Å². The molecule has 0 spiro atoms. The average Bonchev–Trinajstić information content (AvgIpc) is 3.16. The van der Waals surface area contributed by atoms with E-state index < -0.39 is 0 Å². The SMILES string of the molecule is CN=C(NCC1CN(CC(C)C)CCO1)NCC(C)(C)c1ccc2c(c1)OCO2.I. The number of morpholine rings is 1. The van der Waals surface area contributed by atoms with Crippen LogP contribution in [-0.4, -0.2) is 70.1 Å². The molecule has 0 bridgehead atoms. The Hall–Kier alpha value is -1.26. The van der Waals surface area contributed by atoms with Gasteiger partial charge in [0.1, 0.15) is 0 Å². The van der Waals surface area contributed by atoms with Gasteiger partial charge in [-0.3, -0.25) is 9.89 Å². The van der Waals surface area contributed by atoms with Gasteiger partial charge in [-0.25, -0.2) is 0 Å². The van der Waals surface area contributed by atoms with E-state index >= 15 is 0 Å². The van der Waals surface area contributed by atoms with Gasteiger partial charge in [-0.15, -0.1) is 24.0 Å². The fraction of sp³-hybridized carbons (Fsp3) is 0.682. The standard InChI is InChI=1S/C22H36N4O3.HI/c1-16(2)12-26-8-9-27-18(13-26)11-24-21(23-5)25-14-22(3,4)17-6-7-19-20(10-17)29-15-28-19;/h6-7,10,16,18H,8-9,11-15H2,1-5H3,(H2,23,24,25);1H. The Labute approximate surface area is 197 Å². The second kappa shape index (κ2) is 11.4. The van der Waals surface area contributed by atoms with Gasteiger partial charge in [0.15, 0.2) is 17.5 Å². The molecule has 8 heteroatoms. The lowest BCUT2D eigenvalue weighted by Crippen LogP contribution is -2.51. The average molecular weight is 532 g/mol. The van der Waals surface area contributed by atoms with E-state index in [0.29, 0.717) is 12.7 Å². The molecule has 1 saturated heterocycles. The van der Waals surface area contributed by atoms with Crippen molar-refractivity contribution in [1.82, 2.24) is 15.5 Å². The van der Waals surface area contributed by atoms with E-state index in [4.69, 9.17) is 14.2 Å². The van der Waals surface area contributed by atoms with Gasteiger partial charge in [-0.2, -0.15) is 0 Å². The third-order valence-electron chi connectivity index (χ3n) is 5.42. The number of fused-ring (bicyclic) bond motifs is 1. The Morgan fingerprint density at radius 1 is 1.23 bits per heavy atom. The lowest BCUT2D eigenvalue weighted by atomic mass is 9.84. The first-order valence-electron chi connectivity index (χ1n) is 10.6. The fourth-order valence-corrected chi connectivity index (χ4v) is 3.74. The van der Waals surface area contributed by atoms with Gasteiger partial charge >= 0.3 is 0 Å². The minimum absolute atomic E-state index is 0. The zero-order valence-electron chi connectivity index (χ0n) is 18.9. The highest BCUT2D eigenvalue weighted by molar-refractivity contribution is 14.0. The predicted molar refractivity (Wildman–Crippen MR) is 131 cm³/mol. The summed E-state index contributed by atoms with van der Waals surface area (Å²) in [6, 6.07) is 6.15. The van der Waals surface area contributed by atoms with E-state index in [2.05, 4.69) is 60.4 Å². The van der Waals surface area contributed by atoms with E-state index in [0.717, 1.165) is 56.8 Å². The number of hydrogen-bond donors (Lipinski definition) is 2. The first kappa shape index (κ1) is 25.0. The molecule has 1 fully saturated rings. The van der Waals surface area contributed by atoms with E-state index in [-0.39, 0.29) is 35.5 Å². The van der Waals surface area contributed by atoms with Crippen molar-refractivity contribution in [2.45, 2.75) is 39.2 Å². The number of guanidine groups is 1. The van der Waals surface area contributed by atoms with Crippen LogP contribution in [0.5, 0.6) is 11.5 Å². The van der Waals surface area contributed by atoms with Crippen LogP contribution in [0.15, 0.2) is 23.2 Å². The number of nitrogens with one attached hydrogen (secondary N) is 2. The molecule has 7 nitrogen and oxygen atoms in total. The molecule has 2 N–H and O–H groups in total. The zero-order chi connectivity index (χ0) is 20.9. The van der Waals surface area contributed by atoms with Gasteiger partial charge in [-0.05, 0) is 23.6 Å². The third-order valence-corrected chi connectivity index (χ3v) is 5.42. The summed E-state index contributed by atoms with van der Waals surface area (Å²) in [5.74, 6) is 3.10. The highest BCUT2D eigenvalue weighted by Gasteiger charge is 2.25. The third kappa shape index (κ3) is 6.88. The van der Waals surface area contributed by atoms with Gasteiger partial charge in [0.25, 0.3) is 0 Å². The van der Waals surface area contributed by atoms with Crippen molar-refractivity contribution in [3.05, 3.63) is 23.8 Å². The molecule has 0 aliphatic carbocycles. The lowest BCUT2D eigenvalue weighted by Gasteiger charge is -2.34. The Balaban J connectivity index is 0.00000320. The van der Waals surface area contributed by atoms with Crippen LogP contribution in [0.25, 0.3) is 0 Å². The van der Waals surface area contributed by atoms with E-state index in [1.54, 1.807) is 7.05 Å². The van der Waals surface area contributed by atoms with E-state index in [1.807, 2.05) is 6.07 Å². The van der Waals surface area contributed by atoms with Crippen LogP contribution in [0.2, 0.25) is 0 Å². The fourth-order valence-electron chi connectivity index (χ4n) is 3.74. The van der Waals surface area contributed by atoms with Crippen LogP contribution >= 0.6 is 24.0 Å². The van der Waals surface area contributed by atoms with Crippen molar-refractivity contribution in [3.63, 3.8) is 0 Å². The summed E-state index contributed by atoms with van der Waals surface area (Å²) in [4.78, 5) is 6.86. The van der Waals surface area contributed by atoms with Crippen molar-refractivity contribution >= 4 is 29.9 Å². The van der Waals surface area contributed by atoms with Crippen LogP contribution in [0, 0.1) is 5.92 Å². The van der Waals surface area contributed by atoms with Crippen molar-refractivity contribution in [2.24, 2.45) is 10.9 Å². The van der Waals surface area contributed by atoms with Gasteiger partial charge < -0.3 is 24.8 Å². The number of nitrogens with zero attached hydrogens (tertiary/aromatic N) is 2. The molecule has 0 saturated carbocycles. The summed E-state index contributed by atoms with van der Waals surface area (Å²) in [7, 11) is 1.80. The second-order valence-electron chi connectivity index (χ2n) is 8.90. The second-order valence-corrected chi connectivity index (χ2v) is 8.90. The number of rotatable bonds is 7. The summed E-state index contributed by atoms with van der Waals surface area (Å²) in [5, 5.41) is 6.88. The maximum atomic E-state index is 5.93. The van der Waals surface area contributed by atoms with Crippen LogP contribution in [-0.2, 0) is 10.2 Å². The maximum absolute atomic E-state index is 5.93. The molecule has 0 amide bonds. The van der Waals surface area contributed by atoms with Crippen molar-refractivity contribution < 1.29 is 14.2 Å². The first-order valence-corrected chi connectivity index (χ1v) is 10.6. The number of halogens is 1. The molecule has 0 radical (unpaired) electrons. The van der Waals surface area contributed by atoms with Crippen LogP contribution in [0.3, 0.4) is 0 Å². The quantitative estimate of drug-likeness (QED) is 0.320. The molecule has 1 atom stereocenters. The first-order chi connectivity index (χ1) is 13.9. The van der Waals surface area contributed by atoms with Gasteiger partial charge in [0.05, 0.1) is 12.7 Å². The molecule has 2 heterocycles. The molecule has 170 valence electrons. The number of aliphatic imine (C=N–C) groups is 1. The molecule has 1 unspecified atom stereocenters. The van der Waals surface area contributed by atoms with Crippen molar-refractivity contribution in [2.75, 3.05) is 53.2 Å².